The van der Waals surface area contributed by atoms with E-state index in [2.05, 4.69) is 4.99 Å². The van der Waals surface area contributed by atoms with Gasteiger partial charge in [0.2, 0.25) is 0 Å². The van der Waals surface area contributed by atoms with Crippen LogP contribution in [0, 0.1) is 0 Å². The summed E-state index contributed by atoms with van der Waals surface area (Å²) in [5.74, 6) is 0.0727. The molecule has 2 amide bonds. The van der Waals surface area contributed by atoms with Gasteiger partial charge in [-0.05, 0) is 43.2 Å². The van der Waals surface area contributed by atoms with E-state index in [9.17, 15) is 14.4 Å². The second-order valence-electron chi connectivity index (χ2n) is 7.29. The number of benzene rings is 2. The largest absolute Gasteiger partial charge is 0.493 e. The standard InChI is InChI=1S/C23H22N2O5/c1-13(25-22(27)15-6-4-5-7-16(15)23(25)28)19(26)12-18-17-11-21(30-3)20(29-2)10-14(17)8-9-24-18/h4-7,10-11,13H,8-9,12H2,1-3H3/t13-/m1/s1. The number of hydrogen-bond acceptors (Lipinski definition) is 6. The van der Waals surface area contributed by atoms with Crippen molar-refractivity contribution in [3.05, 3.63) is 58.7 Å². The normalized spacial score (nSPS) is 16.0. The number of fused-ring (bicyclic) bond motifs is 2. The summed E-state index contributed by atoms with van der Waals surface area (Å²) in [5.41, 5.74) is 3.16. The zero-order chi connectivity index (χ0) is 21.4. The van der Waals surface area contributed by atoms with Crippen molar-refractivity contribution in [2.75, 3.05) is 20.8 Å². The third-order valence-corrected chi connectivity index (χ3v) is 5.62. The molecule has 2 heterocycles. The predicted molar refractivity (Wildman–Crippen MR) is 111 cm³/mol. The zero-order valence-electron chi connectivity index (χ0n) is 17.1. The average Bonchev–Trinajstić information content (AvgIpc) is 3.02. The summed E-state index contributed by atoms with van der Waals surface area (Å²) in [6.07, 6.45) is 0.762. The fraction of sp³-hybridized carbons (Fsp3) is 0.304. The summed E-state index contributed by atoms with van der Waals surface area (Å²) in [6.45, 7) is 2.15. The van der Waals surface area contributed by atoms with Crippen LogP contribution in [-0.2, 0) is 11.2 Å². The maximum absolute atomic E-state index is 13.0. The summed E-state index contributed by atoms with van der Waals surface area (Å²) < 4.78 is 10.8. The number of ketones is 1. The van der Waals surface area contributed by atoms with Gasteiger partial charge in [-0.1, -0.05) is 12.1 Å². The number of ether oxygens (including phenoxy) is 2. The van der Waals surface area contributed by atoms with Crippen LogP contribution < -0.4 is 9.47 Å². The molecule has 0 radical (unpaired) electrons. The molecule has 0 bridgehead atoms. The number of methoxy groups -OCH3 is 2. The minimum absolute atomic E-state index is 0.0249. The van der Waals surface area contributed by atoms with Gasteiger partial charge >= 0.3 is 0 Å². The summed E-state index contributed by atoms with van der Waals surface area (Å²) in [7, 11) is 3.13. The molecule has 0 fully saturated rings. The molecule has 0 unspecified atom stereocenters. The van der Waals surface area contributed by atoms with Crippen LogP contribution in [-0.4, -0.2) is 55.0 Å². The van der Waals surface area contributed by atoms with Gasteiger partial charge in [-0.25, -0.2) is 0 Å². The van der Waals surface area contributed by atoms with Crippen LogP contribution in [0.15, 0.2) is 41.4 Å². The van der Waals surface area contributed by atoms with E-state index in [0.717, 1.165) is 22.4 Å². The molecule has 1 atom stereocenters. The Balaban J connectivity index is 1.58. The maximum Gasteiger partial charge on any atom is 0.262 e. The van der Waals surface area contributed by atoms with E-state index >= 15 is 0 Å². The van der Waals surface area contributed by atoms with Crippen molar-refractivity contribution in [3.63, 3.8) is 0 Å². The van der Waals surface area contributed by atoms with Gasteiger partial charge in [-0.2, -0.15) is 0 Å². The minimum Gasteiger partial charge on any atom is -0.493 e. The number of imide groups is 1. The number of carbonyl (C=O) groups excluding carboxylic acids is 3. The summed E-state index contributed by atoms with van der Waals surface area (Å²) in [5, 5.41) is 0. The van der Waals surface area contributed by atoms with E-state index < -0.39 is 17.9 Å². The lowest BCUT2D eigenvalue weighted by molar-refractivity contribution is -0.121. The van der Waals surface area contributed by atoms with E-state index in [4.69, 9.17) is 9.47 Å². The Bertz CT molecular complexity index is 1050. The third-order valence-electron chi connectivity index (χ3n) is 5.62. The highest BCUT2D eigenvalue weighted by Gasteiger charge is 2.40. The van der Waals surface area contributed by atoms with Crippen LogP contribution in [0.25, 0.3) is 0 Å². The van der Waals surface area contributed by atoms with Gasteiger partial charge in [0.1, 0.15) is 0 Å². The molecule has 0 spiro atoms. The van der Waals surface area contributed by atoms with Crippen molar-refractivity contribution in [1.29, 1.82) is 0 Å². The van der Waals surface area contributed by atoms with Crippen molar-refractivity contribution in [2.45, 2.75) is 25.8 Å². The van der Waals surface area contributed by atoms with Gasteiger partial charge in [0, 0.05) is 17.8 Å². The fourth-order valence-corrected chi connectivity index (χ4v) is 3.96. The van der Waals surface area contributed by atoms with Crippen molar-refractivity contribution in [3.8, 4) is 11.5 Å². The molecular formula is C23H22N2O5. The predicted octanol–water partition coefficient (Wildman–Crippen LogP) is 2.69. The van der Waals surface area contributed by atoms with Gasteiger partial charge < -0.3 is 9.47 Å². The summed E-state index contributed by atoms with van der Waals surface area (Å²) in [6, 6.07) is 9.46. The lowest BCUT2D eigenvalue weighted by Crippen LogP contribution is -2.43. The Morgan fingerprint density at radius 1 is 1.03 bits per heavy atom. The molecule has 2 aliphatic rings. The second-order valence-corrected chi connectivity index (χ2v) is 7.29. The van der Waals surface area contributed by atoms with Crippen LogP contribution >= 0.6 is 0 Å². The molecule has 0 saturated heterocycles. The summed E-state index contributed by atoms with van der Waals surface area (Å²) in [4.78, 5) is 44.0. The maximum atomic E-state index is 13.0. The van der Waals surface area contributed by atoms with E-state index in [1.807, 2.05) is 12.1 Å². The van der Waals surface area contributed by atoms with Gasteiger partial charge in [0.25, 0.3) is 11.8 Å². The quantitative estimate of drug-likeness (QED) is 0.689. The molecule has 0 aromatic heterocycles. The molecule has 7 heteroatoms. The van der Waals surface area contributed by atoms with Gasteiger partial charge in [0.05, 0.1) is 37.8 Å². The topological polar surface area (TPSA) is 85.3 Å². The van der Waals surface area contributed by atoms with Crippen LogP contribution in [0.5, 0.6) is 11.5 Å². The molecule has 30 heavy (non-hydrogen) atoms. The first-order chi connectivity index (χ1) is 14.5. The molecule has 7 nitrogen and oxygen atoms in total. The number of nitrogens with zero attached hydrogens (tertiary/aromatic N) is 2. The number of rotatable bonds is 6. The van der Waals surface area contributed by atoms with Gasteiger partial charge in [0.15, 0.2) is 17.3 Å². The van der Waals surface area contributed by atoms with Crippen molar-refractivity contribution in [2.24, 2.45) is 4.99 Å². The number of carbonyl (C=O) groups is 3. The zero-order valence-corrected chi connectivity index (χ0v) is 17.1. The molecule has 0 aliphatic carbocycles. The number of amides is 2. The van der Waals surface area contributed by atoms with Crippen LogP contribution in [0.4, 0.5) is 0 Å². The average molecular weight is 406 g/mol. The Labute approximate surface area is 174 Å². The molecule has 0 N–H and O–H groups in total. The Morgan fingerprint density at radius 3 is 2.23 bits per heavy atom. The van der Waals surface area contributed by atoms with E-state index in [-0.39, 0.29) is 12.2 Å². The lowest BCUT2D eigenvalue weighted by Gasteiger charge is -2.23. The number of Topliss-reactive ketones (excluding diaryl/α,β-unsaturated/α-hetero) is 1. The number of hydrogen-bond donors (Lipinski definition) is 0. The molecule has 2 aromatic carbocycles. The first-order valence-corrected chi connectivity index (χ1v) is 9.74. The molecule has 154 valence electrons. The fourth-order valence-electron chi connectivity index (χ4n) is 3.96. The second kappa shape index (κ2) is 7.74. The van der Waals surface area contributed by atoms with E-state index in [1.165, 1.54) is 0 Å². The molecule has 2 aliphatic heterocycles. The first kappa shape index (κ1) is 19.8. The highest BCUT2D eigenvalue weighted by molar-refractivity contribution is 6.24. The first-order valence-electron chi connectivity index (χ1n) is 9.74. The highest BCUT2D eigenvalue weighted by atomic mass is 16.5. The van der Waals surface area contributed by atoms with E-state index in [0.29, 0.717) is 34.9 Å². The Hall–Kier alpha value is -3.48. The smallest absolute Gasteiger partial charge is 0.262 e. The highest BCUT2D eigenvalue weighted by Crippen LogP contribution is 2.33. The molecule has 0 saturated carbocycles. The van der Waals surface area contributed by atoms with Gasteiger partial charge in [-0.3, -0.25) is 24.3 Å². The summed E-state index contributed by atoms with van der Waals surface area (Å²) >= 11 is 0. The Kier molecular flexibility index (Phi) is 5.11. The monoisotopic (exact) mass is 406 g/mol. The molecular weight excluding hydrogens is 384 g/mol. The minimum atomic E-state index is -0.884. The van der Waals surface area contributed by atoms with Crippen LogP contribution in [0.2, 0.25) is 0 Å². The van der Waals surface area contributed by atoms with Crippen molar-refractivity contribution in [1.82, 2.24) is 4.90 Å². The third kappa shape index (κ3) is 3.16. The van der Waals surface area contributed by atoms with Crippen LogP contribution in [0.1, 0.15) is 45.2 Å². The van der Waals surface area contributed by atoms with Crippen LogP contribution in [0.3, 0.4) is 0 Å². The SMILES string of the molecule is COc1cc2c(cc1OC)C(CC(=O)[C@@H](C)N1C(=O)c3ccccc3C1=O)=NCC2. The van der Waals surface area contributed by atoms with E-state index in [1.54, 1.807) is 45.4 Å². The van der Waals surface area contributed by atoms with Gasteiger partial charge in [-0.15, -0.1) is 0 Å². The molecule has 4 rings (SSSR count). The number of aliphatic imine (C=N–C) groups is 1. The van der Waals surface area contributed by atoms with Crippen molar-refractivity contribution >= 4 is 23.3 Å². The Morgan fingerprint density at radius 2 is 1.63 bits per heavy atom. The van der Waals surface area contributed by atoms with Crippen molar-refractivity contribution < 1.29 is 23.9 Å². The molecule has 2 aromatic rings. The lowest BCUT2D eigenvalue weighted by atomic mass is 9.92.